The second kappa shape index (κ2) is 8.93. The first-order valence-electron chi connectivity index (χ1n) is 9.47. The Morgan fingerprint density at radius 1 is 1.17 bits per heavy atom. The Hall–Kier alpha value is -2.78. The Morgan fingerprint density at radius 2 is 1.90 bits per heavy atom. The van der Waals surface area contributed by atoms with Gasteiger partial charge in [0, 0.05) is 36.2 Å². The SMILES string of the molecule is COc1ccc(-c2noc(CN3CCN(C(=O)c4ccc(F)cc4Br)CC3)n2)cc1. The number of hydrogen-bond acceptors (Lipinski definition) is 6. The third-order valence-electron chi connectivity index (χ3n) is 5.00. The van der Waals surface area contributed by atoms with Gasteiger partial charge in [0.1, 0.15) is 11.6 Å². The van der Waals surface area contributed by atoms with Gasteiger partial charge in [-0.05, 0) is 58.4 Å². The summed E-state index contributed by atoms with van der Waals surface area (Å²) in [6.07, 6.45) is 0. The molecule has 1 saturated heterocycles. The quantitative estimate of drug-likeness (QED) is 0.562. The molecule has 0 saturated carbocycles. The van der Waals surface area contributed by atoms with Crippen LogP contribution in [0, 0.1) is 5.82 Å². The lowest BCUT2D eigenvalue weighted by atomic mass is 10.1. The summed E-state index contributed by atoms with van der Waals surface area (Å²) < 4.78 is 24.3. The Labute approximate surface area is 181 Å². The molecule has 1 fully saturated rings. The number of hydrogen-bond donors (Lipinski definition) is 0. The van der Waals surface area contributed by atoms with Crippen molar-refractivity contribution in [2.24, 2.45) is 0 Å². The number of ether oxygens (including phenoxy) is 1. The van der Waals surface area contributed by atoms with E-state index in [0.29, 0.717) is 54.5 Å². The average Bonchev–Trinajstić information content (AvgIpc) is 3.22. The zero-order valence-electron chi connectivity index (χ0n) is 16.3. The number of rotatable bonds is 5. The highest BCUT2D eigenvalue weighted by molar-refractivity contribution is 9.10. The molecule has 30 heavy (non-hydrogen) atoms. The van der Waals surface area contributed by atoms with Crippen molar-refractivity contribution in [1.82, 2.24) is 19.9 Å². The lowest BCUT2D eigenvalue weighted by Crippen LogP contribution is -2.48. The molecule has 0 unspecified atom stereocenters. The Kier molecular flexibility index (Phi) is 6.10. The van der Waals surface area contributed by atoms with Crippen LogP contribution in [-0.2, 0) is 6.54 Å². The van der Waals surface area contributed by atoms with Crippen molar-refractivity contribution in [1.29, 1.82) is 0 Å². The highest BCUT2D eigenvalue weighted by Gasteiger charge is 2.24. The van der Waals surface area contributed by atoms with Crippen molar-refractivity contribution in [3.8, 4) is 17.1 Å². The van der Waals surface area contributed by atoms with Gasteiger partial charge < -0.3 is 14.2 Å². The minimum Gasteiger partial charge on any atom is -0.497 e. The summed E-state index contributed by atoms with van der Waals surface area (Å²) in [5.41, 5.74) is 1.32. The van der Waals surface area contributed by atoms with E-state index in [0.717, 1.165) is 11.3 Å². The van der Waals surface area contributed by atoms with E-state index in [9.17, 15) is 9.18 Å². The fourth-order valence-corrected chi connectivity index (χ4v) is 3.83. The molecular formula is C21H20BrFN4O3. The van der Waals surface area contributed by atoms with Gasteiger partial charge in [0.2, 0.25) is 11.7 Å². The van der Waals surface area contributed by atoms with Crippen LogP contribution in [0.2, 0.25) is 0 Å². The third-order valence-corrected chi connectivity index (χ3v) is 5.65. The Bertz CT molecular complexity index is 1030. The van der Waals surface area contributed by atoms with E-state index >= 15 is 0 Å². The number of carbonyl (C=O) groups excluding carboxylic acids is 1. The van der Waals surface area contributed by atoms with Crippen LogP contribution < -0.4 is 4.74 Å². The van der Waals surface area contributed by atoms with E-state index in [1.165, 1.54) is 18.2 Å². The number of methoxy groups -OCH3 is 1. The maximum absolute atomic E-state index is 13.3. The molecule has 0 spiro atoms. The van der Waals surface area contributed by atoms with Crippen molar-refractivity contribution in [2.75, 3.05) is 33.3 Å². The Morgan fingerprint density at radius 3 is 2.57 bits per heavy atom. The molecule has 1 aliphatic rings. The number of benzene rings is 2. The molecule has 1 aromatic heterocycles. The van der Waals surface area contributed by atoms with Crippen molar-refractivity contribution < 1.29 is 18.4 Å². The zero-order valence-corrected chi connectivity index (χ0v) is 17.9. The van der Waals surface area contributed by atoms with Gasteiger partial charge in [-0.1, -0.05) is 5.16 Å². The summed E-state index contributed by atoms with van der Waals surface area (Å²) in [4.78, 5) is 21.1. The van der Waals surface area contributed by atoms with Crippen LogP contribution >= 0.6 is 15.9 Å². The van der Waals surface area contributed by atoms with Crippen LogP contribution in [0.5, 0.6) is 5.75 Å². The van der Waals surface area contributed by atoms with Crippen molar-refractivity contribution in [3.63, 3.8) is 0 Å². The second-order valence-electron chi connectivity index (χ2n) is 6.93. The van der Waals surface area contributed by atoms with E-state index in [4.69, 9.17) is 9.26 Å². The van der Waals surface area contributed by atoms with E-state index < -0.39 is 0 Å². The first-order chi connectivity index (χ1) is 14.5. The van der Waals surface area contributed by atoms with Crippen LogP contribution in [0.1, 0.15) is 16.2 Å². The first-order valence-corrected chi connectivity index (χ1v) is 10.3. The maximum atomic E-state index is 13.3. The number of carbonyl (C=O) groups is 1. The van der Waals surface area contributed by atoms with Crippen LogP contribution in [0.15, 0.2) is 51.5 Å². The molecule has 2 aromatic carbocycles. The molecule has 9 heteroatoms. The summed E-state index contributed by atoms with van der Waals surface area (Å²) in [6.45, 7) is 3.03. The summed E-state index contributed by atoms with van der Waals surface area (Å²) in [6, 6.07) is 11.6. The van der Waals surface area contributed by atoms with Crippen LogP contribution in [0.3, 0.4) is 0 Å². The number of aromatic nitrogens is 2. The molecule has 1 amide bonds. The predicted molar refractivity (Wildman–Crippen MR) is 112 cm³/mol. The summed E-state index contributed by atoms with van der Waals surface area (Å²) in [7, 11) is 1.62. The Balaban J connectivity index is 1.33. The van der Waals surface area contributed by atoms with Gasteiger partial charge in [0.25, 0.3) is 5.91 Å². The topological polar surface area (TPSA) is 71.7 Å². The molecule has 3 aromatic rings. The lowest BCUT2D eigenvalue weighted by molar-refractivity contribution is 0.0614. The molecule has 1 aliphatic heterocycles. The molecule has 2 heterocycles. The fourth-order valence-electron chi connectivity index (χ4n) is 3.31. The van der Waals surface area contributed by atoms with Gasteiger partial charge in [-0.25, -0.2) is 4.39 Å². The van der Waals surface area contributed by atoms with Gasteiger partial charge >= 0.3 is 0 Å². The predicted octanol–water partition coefficient (Wildman–Crippen LogP) is 3.60. The molecule has 0 atom stereocenters. The number of halogens is 2. The smallest absolute Gasteiger partial charge is 0.255 e. The van der Waals surface area contributed by atoms with Gasteiger partial charge in [-0.15, -0.1) is 0 Å². The van der Waals surface area contributed by atoms with Gasteiger partial charge in [0.05, 0.1) is 19.2 Å². The molecular weight excluding hydrogens is 455 g/mol. The van der Waals surface area contributed by atoms with Crippen LogP contribution in [0.25, 0.3) is 11.4 Å². The van der Waals surface area contributed by atoms with Crippen molar-refractivity contribution in [3.05, 3.63) is 64.2 Å². The van der Waals surface area contributed by atoms with E-state index in [1.54, 1.807) is 12.0 Å². The molecule has 156 valence electrons. The number of amides is 1. The number of piperazine rings is 1. The average molecular weight is 475 g/mol. The van der Waals surface area contributed by atoms with Gasteiger partial charge in [-0.2, -0.15) is 4.98 Å². The molecule has 0 aliphatic carbocycles. The normalized spacial score (nSPS) is 14.7. The molecule has 0 radical (unpaired) electrons. The van der Waals surface area contributed by atoms with E-state index in [2.05, 4.69) is 31.0 Å². The summed E-state index contributed by atoms with van der Waals surface area (Å²) in [5.74, 6) is 1.34. The van der Waals surface area contributed by atoms with Crippen LogP contribution in [-0.4, -0.2) is 59.1 Å². The lowest BCUT2D eigenvalue weighted by Gasteiger charge is -2.34. The molecule has 4 rings (SSSR count). The van der Waals surface area contributed by atoms with Gasteiger partial charge in [0.15, 0.2) is 0 Å². The highest BCUT2D eigenvalue weighted by Crippen LogP contribution is 2.22. The highest BCUT2D eigenvalue weighted by atomic mass is 79.9. The zero-order chi connectivity index (χ0) is 21.1. The number of nitrogens with zero attached hydrogens (tertiary/aromatic N) is 4. The van der Waals surface area contributed by atoms with Crippen molar-refractivity contribution >= 4 is 21.8 Å². The maximum Gasteiger partial charge on any atom is 0.255 e. The molecule has 0 bridgehead atoms. The fraction of sp³-hybridized carbons (Fsp3) is 0.286. The molecule has 0 N–H and O–H groups in total. The largest absolute Gasteiger partial charge is 0.497 e. The minimum atomic E-state index is -0.378. The van der Waals surface area contributed by atoms with Crippen molar-refractivity contribution in [2.45, 2.75) is 6.54 Å². The molecule has 7 nitrogen and oxygen atoms in total. The van der Waals surface area contributed by atoms with E-state index in [-0.39, 0.29) is 11.7 Å². The third kappa shape index (κ3) is 4.52. The first kappa shape index (κ1) is 20.5. The summed E-state index contributed by atoms with van der Waals surface area (Å²) in [5, 5.41) is 4.05. The minimum absolute atomic E-state index is 0.110. The monoisotopic (exact) mass is 474 g/mol. The van der Waals surface area contributed by atoms with Gasteiger partial charge in [-0.3, -0.25) is 9.69 Å². The second-order valence-corrected chi connectivity index (χ2v) is 7.79. The van der Waals surface area contributed by atoms with E-state index in [1.807, 2.05) is 24.3 Å². The van der Waals surface area contributed by atoms with Crippen LogP contribution in [0.4, 0.5) is 4.39 Å². The standard InChI is InChI=1S/C21H20BrFN4O3/c1-29-16-5-2-14(3-6-16)20-24-19(30-25-20)13-26-8-10-27(11-9-26)21(28)17-7-4-15(23)12-18(17)22/h2-7,12H,8-11,13H2,1H3. The summed E-state index contributed by atoms with van der Waals surface area (Å²) >= 11 is 3.27.